The fourth-order valence-corrected chi connectivity index (χ4v) is 2.86. The molecule has 1 N–H and O–H groups in total. The Morgan fingerprint density at radius 2 is 2.06 bits per heavy atom. The van der Waals surface area contributed by atoms with Crippen molar-refractivity contribution in [2.75, 3.05) is 0 Å². The van der Waals surface area contributed by atoms with Crippen LogP contribution in [0.5, 0.6) is 0 Å². The molecule has 2 aromatic rings. The average molecular weight is 260 g/mol. The molecular weight excluding hydrogens is 244 g/mol. The topological polar surface area (TPSA) is 46.0 Å². The van der Waals surface area contributed by atoms with Gasteiger partial charge in [0.15, 0.2) is 0 Å². The van der Waals surface area contributed by atoms with Crippen LogP contribution in [0.4, 0.5) is 0 Å². The summed E-state index contributed by atoms with van der Waals surface area (Å²) in [5.41, 5.74) is 3.01. The van der Waals surface area contributed by atoms with Gasteiger partial charge in [0.05, 0.1) is 6.10 Å². The number of aliphatic hydroxyl groups excluding tert-OH is 1. The first-order valence-corrected chi connectivity index (χ1v) is 6.64. The molecule has 0 aliphatic heterocycles. The zero-order valence-electron chi connectivity index (χ0n) is 10.7. The molecule has 0 spiro atoms. The Morgan fingerprint density at radius 1 is 1.28 bits per heavy atom. The van der Waals surface area contributed by atoms with Crippen molar-refractivity contribution in [1.29, 1.82) is 0 Å². The first-order valence-electron chi connectivity index (χ1n) is 5.82. The van der Waals surface area contributed by atoms with Crippen LogP contribution >= 0.6 is 11.8 Å². The van der Waals surface area contributed by atoms with Gasteiger partial charge in [-0.15, -0.1) is 0 Å². The summed E-state index contributed by atoms with van der Waals surface area (Å²) in [5, 5.41) is 11.4. The van der Waals surface area contributed by atoms with Crippen LogP contribution in [0.25, 0.3) is 0 Å². The standard InChI is InChI=1S/C14H16N2OS/c1-9-7-10(2)16-13(8-9)18-14-12(11(3)17)5-4-6-15-14/h4-8,11,17H,1-3H3/t11-/m1/s1. The molecule has 3 nitrogen and oxygen atoms in total. The van der Waals surface area contributed by atoms with Crippen molar-refractivity contribution in [1.82, 2.24) is 9.97 Å². The van der Waals surface area contributed by atoms with Crippen LogP contribution in [0.3, 0.4) is 0 Å². The summed E-state index contributed by atoms with van der Waals surface area (Å²) in [4.78, 5) is 8.79. The first kappa shape index (κ1) is 13.1. The van der Waals surface area contributed by atoms with Crippen LogP contribution in [0, 0.1) is 13.8 Å². The van der Waals surface area contributed by atoms with Gasteiger partial charge < -0.3 is 5.11 Å². The number of hydrogen-bond acceptors (Lipinski definition) is 4. The van der Waals surface area contributed by atoms with Crippen LogP contribution in [-0.2, 0) is 0 Å². The normalized spacial score (nSPS) is 12.4. The van der Waals surface area contributed by atoms with E-state index in [4.69, 9.17) is 0 Å². The second-order valence-electron chi connectivity index (χ2n) is 4.30. The smallest absolute Gasteiger partial charge is 0.108 e. The molecule has 0 aliphatic rings. The molecule has 18 heavy (non-hydrogen) atoms. The van der Waals surface area contributed by atoms with Gasteiger partial charge in [-0.3, -0.25) is 0 Å². The molecule has 94 valence electrons. The van der Waals surface area contributed by atoms with Gasteiger partial charge in [0.2, 0.25) is 0 Å². The van der Waals surface area contributed by atoms with Crippen LogP contribution in [0.15, 0.2) is 40.5 Å². The number of aliphatic hydroxyl groups is 1. The number of rotatable bonds is 3. The zero-order valence-corrected chi connectivity index (χ0v) is 11.5. The van der Waals surface area contributed by atoms with E-state index in [9.17, 15) is 5.11 Å². The van der Waals surface area contributed by atoms with E-state index in [1.165, 1.54) is 17.3 Å². The molecule has 0 saturated carbocycles. The van der Waals surface area contributed by atoms with E-state index in [-0.39, 0.29) is 0 Å². The van der Waals surface area contributed by atoms with Gasteiger partial charge in [-0.05, 0) is 56.3 Å². The third kappa shape index (κ3) is 3.09. The fraction of sp³-hybridized carbons (Fsp3) is 0.286. The Kier molecular flexibility index (Phi) is 3.99. The second kappa shape index (κ2) is 5.50. The minimum atomic E-state index is -0.521. The highest BCUT2D eigenvalue weighted by Crippen LogP contribution is 2.30. The Morgan fingerprint density at radius 3 is 2.72 bits per heavy atom. The summed E-state index contributed by atoms with van der Waals surface area (Å²) in [7, 11) is 0. The quantitative estimate of drug-likeness (QED) is 0.919. The summed E-state index contributed by atoms with van der Waals surface area (Å²) in [6, 6.07) is 7.79. The average Bonchev–Trinajstić information content (AvgIpc) is 2.27. The van der Waals surface area contributed by atoms with Crippen molar-refractivity contribution < 1.29 is 5.11 Å². The number of hydrogen-bond donors (Lipinski definition) is 1. The molecule has 1 atom stereocenters. The second-order valence-corrected chi connectivity index (χ2v) is 5.31. The van der Waals surface area contributed by atoms with E-state index in [2.05, 4.69) is 9.97 Å². The minimum absolute atomic E-state index is 0.521. The number of aryl methyl sites for hydroxylation is 2. The summed E-state index contributed by atoms with van der Waals surface area (Å²) < 4.78 is 0. The lowest BCUT2D eigenvalue weighted by Crippen LogP contribution is -1.96. The maximum Gasteiger partial charge on any atom is 0.108 e. The van der Waals surface area contributed by atoms with Crippen molar-refractivity contribution >= 4 is 11.8 Å². The highest BCUT2D eigenvalue weighted by atomic mass is 32.2. The van der Waals surface area contributed by atoms with E-state index in [1.54, 1.807) is 13.1 Å². The van der Waals surface area contributed by atoms with Gasteiger partial charge in [0, 0.05) is 17.5 Å². The Bertz CT molecular complexity index is 535. The number of nitrogens with zero attached hydrogens (tertiary/aromatic N) is 2. The lowest BCUT2D eigenvalue weighted by molar-refractivity contribution is 0.195. The summed E-state index contributed by atoms with van der Waals surface area (Å²) in [6.07, 6.45) is 1.21. The van der Waals surface area contributed by atoms with Crippen LogP contribution in [-0.4, -0.2) is 15.1 Å². The Hall–Kier alpha value is -1.39. The fourth-order valence-electron chi connectivity index (χ4n) is 1.76. The van der Waals surface area contributed by atoms with E-state index in [1.807, 2.05) is 38.1 Å². The van der Waals surface area contributed by atoms with Gasteiger partial charge in [0.25, 0.3) is 0 Å². The maximum atomic E-state index is 9.72. The molecule has 0 radical (unpaired) electrons. The maximum absolute atomic E-state index is 9.72. The van der Waals surface area contributed by atoms with Crippen molar-refractivity contribution in [3.05, 3.63) is 47.3 Å². The Labute approximate surface area is 111 Å². The predicted molar refractivity (Wildman–Crippen MR) is 72.7 cm³/mol. The highest BCUT2D eigenvalue weighted by molar-refractivity contribution is 7.99. The third-order valence-corrected chi connectivity index (χ3v) is 3.48. The van der Waals surface area contributed by atoms with Crippen LogP contribution in [0.1, 0.15) is 29.8 Å². The van der Waals surface area contributed by atoms with Gasteiger partial charge in [-0.2, -0.15) is 0 Å². The van der Waals surface area contributed by atoms with E-state index >= 15 is 0 Å². The van der Waals surface area contributed by atoms with Crippen molar-refractivity contribution in [3.63, 3.8) is 0 Å². The van der Waals surface area contributed by atoms with E-state index in [0.717, 1.165) is 21.3 Å². The van der Waals surface area contributed by atoms with Crippen molar-refractivity contribution in [2.45, 2.75) is 36.9 Å². The molecule has 4 heteroatoms. The molecule has 0 bridgehead atoms. The molecule has 0 fully saturated rings. The molecule has 2 aromatic heterocycles. The molecule has 0 unspecified atom stereocenters. The summed E-state index contributed by atoms with van der Waals surface area (Å²) in [6.45, 7) is 5.77. The number of pyridine rings is 2. The monoisotopic (exact) mass is 260 g/mol. The SMILES string of the molecule is Cc1cc(C)nc(Sc2ncccc2[C@@H](C)O)c1. The van der Waals surface area contributed by atoms with Gasteiger partial charge in [0.1, 0.15) is 10.1 Å². The van der Waals surface area contributed by atoms with Crippen LogP contribution in [0.2, 0.25) is 0 Å². The van der Waals surface area contributed by atoms with E-state index in [0.29, 0.717) is 0 Å². The highest BCUT2D eigenvalue weighted by Gasteiger charge is 2.11. The lowest BCUT2D eigenvalue weighted by atomic mass is 10.2. The van der Waals surface area contributed by atoms with Crippen molar-refractivity contribution in [2.24, 2.45) is 0 Å². The minimum Gasteiger partial charge on any atom is -0.389 e. The first-order chi connectivity index (χ1) is 8.56. The van der Waals surface area contributed by atoms with Gasteiger partial charge >= 0.3 is 0 Å². The summed E-state index contributed by atoms with van der Waals surface area (Å²) in [5.74, 6) is 0. The molecule has 0 aliphatic carbocycles. The zero-order chi connectivity index (χ0) is 13.1. The lowest BCUT2D eigenvalue weighted by Gasteiger charge is -2.10. The van der Waals surface area contributed by atoms with E-state index < -0.39 is 6.10 Å². The van der Waals surface area contributed by atoms with Gasteiger partial charge in [-0.1, -0.05) is 6.07 Å². The largest absolute Gasteiger partial charge is 0.389 e. The van der Waals surface area contributed by atoms with Gasteiger partial charge in [-0.25, -0.2) is 9.97 Å². The molecule has 0 saturated heterocycles. The molecule has 0 aromatic carbocycles. The van der Waals surface area contributed by atoms with Crippen molar-refractivity contribution in [3.8, 4) is 0 Å². The summed E-state index contributed by atoms with van der Waals surface area (Å²) >= 11 is 1.49. The molecule has 0 amide bonds. The number of aromatic nitrogens is 2. The third-order valence-electron chi connectivity index (χ3n) is 2.53. The molecule has 2 rings (SSSR count). The Balaban J connectivity index is 2.34. The molecular formula is C14H16N2OS. The predicted octanol–water partition coefficient (Wildman–Crippen LogP) is 3.30. The van der Waals surface area contributed by atoms with Crippen LogP contribution < -0.4 is 0 Å². The molecule has 2 heterocycles.